The third-order valence-corrected chi connectivity index (χ3v) is 15.4. The Balaban J connectivity index is 1.49. The van der Waals surface area contributed by atoms with E-state index < -0.39 is 114 Å². The predicted molar refractivity (Wildman–Crippen MR) is 282 cm³/mol. The molecule has 0 radical (unpaired) electrons. The number of cyclic esters (lactones) is 1. The number of benzene rings is 1. The summed E-state index contributed by atoms with van der Waals surface area (Å²) in [6.07, 6.45) is -7.82. The number of alkyl carbamates (subject to hydrolysis) is 1. The molecule has 434 valence electrons. The van der Waals surface area contributed by atoms with E-state index in [1.54, 1.807) is 92.0 Å². The second-order valence-electron chi connectivity index (χ2n) is 22.1. The maximum atomic E-state index is 14.9. The smallest absolute Gasteiger partial charge is 0.426 e. The first-order valence-electron chi connectivity index (χ1n) is 26.6. The van der Waals surface area contributed by atoms with Crippen LogP contribution < -0.4 is 20.9 Å². The van der Waals surface area contributed by atoms with Crippen LogP contribution in [0.1, 0.15) is 106 Å². The molecule has 1 aromatic carbocycles. The average molecular weight is 1090 g/mol. The summed E-state index contributed by atoms with van der Waals surface area (Å²) in [5.41, 5.74) is 0.298. The number of furan rings is 1. The van der Waals surface area contributed by atoms with Crippen LogP contribution in [0.25, 0.3) is 6.08 Å². The summed E-state index contributed by atoms with van der Waals surface area (Å²) in [6, 6.07) is 9.43. The molecule has 3 saturated heterocycles. The molecule has 6 N–H and O–H groups in total. The Morgan fingerprint density at radius 1 is 0.896 bits per heavy atom. The summed E-state index contributed by atoms with van der Waals surface area (Å²) < 4.78 is 61.3. The highest BCUT2D eigenvalue weighted by molar-refractivity contribution is 5.92. The maximum Gasteiger partial charge on any atom is 0.426 e. The lowest BCUT2D eigenvalue weighted by Gasteiger charge is -2.49. The normalized spacial score (nSPS) is 37.0. The topological polar surface area (TPSA) is 268 Å². The highest BCUT2D eigenvalue weighted by Crippen LogP contribution is 2.41. The number of esters is 1. The maximum absolute atomic E-state index is 14.9. The van der Waals surface area contributed by atoms with Gasteiger partial charge in [-0.25, -0.2) is 15.0 Å². The number of carbonyl (C=O) groups is 4. The van der Waals surface area contributed by atoms with E-state index in [9.17, 15) is 34.5 Å². The number of aliphatic hydroxyl groups excluding tert-OH is 1. The zero-order chi connectivity index (χ0) is 57.2. The van der Waals surface area contributed by atoms with E-state index in [-0.39, 0.29) is 43.9 Å². The van der Waals surface area contributed by atoms with Crippen LogP contribution in [0.2, 0.25) is 0 Å². The first kappa shape index (κ1) is 63.0. The fourth-order valence-electron chi connectivity index (χ4n) is 11.1. The molecule has 18 atom stereocenters. The van der Waals surface area contributed by atoms with E-state index >= 15 is 0 Å². The van der Waals surface area contributed by atoms with Crippen molar-refractivity contribution in [2.45, 2.75) is 192 Å². The van der Waals surface area contributed by atoms with Crippen LogP contribution in [0, 0.1) is 17.8 Å². The number of nitrogens with one attached hydrogen (secondary N) is 3. The van der Waals surface area contributed by atoms with Crippen molar-refractivity contribution in [2.75, 3.05) is 41.9 Å². The summed E-state index contributed by atoms with van der Waals surface area (Å²) in [6.45, 7) is 17.7. The van der Waals surface area contributed by atoms with E-state index in [4.69, 9.17) is 47.0 Å². The quantitative estimate of drug-likeness (QED) is 0.0635. The molecule has 3 amide bonds. The molecule has 77 heavy (non-hydrogen) atoms. The summed E-state index contributed by atoms with van der Waals surface area (Å²) in [5.74, 6) is -2.75. The molecule has 3 fully saturated rings. The van der Waals surface area contributed by atoms with Gasteiger partial charge in [-0.1, -0.05) is 32.9 Å². The Kier molecular flexibility index (Phi) is 22.3. The second kappa shape index (κ2) is 27.3. The lowest BCUT2D eigenvalue weighted by Crippen LogP contribution is -2.61. The molecule has 22 heteroatoms. The monoisotopic (exact) mass is 1090 g/mol. The number of carbonyl (C=O) groups excluding carboxylic acids is 4. The zero-order valence-corrected chi connectivity index (χ0v) is 47.6. The lowest BCUT2D eigenvalue weighted by atomic mass is 9.77. The second-order valence-corrected chi connectivity index (χ2v) is 22.1. The number of hydrazine groups is 1. The van der Waals surface area contributed by atoms with Gasteiger partial charge in [-0.3, -0.25) is 19.9 Å². The Morgan fingerprint density at radius 3 is 2.18 bits per heavy atom. The SMILES string of the molecule is CC[C@@H]1OC(=O)[C@H](C)[C@@H](O[C@H]2C[C@@](C)(OC)[C@@H](OC(=O)NNC(=O)/C=C/c3ccco3)[C@H](C)O2)[C@@H](C)[C@@H](O[C@@H]2O[C@H](C)C[C@H](N(C)C)[C@H]2O)[C@](C)(O)C[C@@H](C)CN(C)[C@H](C)[C@@H](OC(=O)NCc2ccc(OC)cc2)[C@]1(C)O. The van der Waals surface area contributed by atoms with Gasteiger partial charge in [-0.05, 0) is 131 Å². The van der Waals surface area contributed by atoms with E-state index in [1.165, 1.54) is 32.4 Å². The Bertz CT molecular complexity index is 2230. The number of methoxy groups -OCH3 is 2. The first-order chi connectivity index (χ1) is 36.1. The van der Waals surface area contributed by atoms with Crippen molar-refractivity contribution in [3.63, 3.8) is 0 Å². The van der Waals surface area contributed by atoms with Crippen molar-refractivity contribution >= 4 is 30.1 Å². The van der Waals surface area contributed by atoms with Gasteiger partial charge >= 0.3 is 18.2 Å². The fraction of sp³-hybridized carbons (Fsp3) is 0.709. The molecule has 1 aromatic heterocycles. The zero-order valence-electron chi connectivity index (χ0n) is 47.6. The number of rotatable bonds is 14. The van der Waals surface area contributed by atoms with Crippen molar-refractivity contribution < 1.29 is 81.5 Å². The summed E-state index contributed by atoms with van der Waals surface area (Å²) in [5, 5.41) is 40.2. The van der Waals surface area contributed by atoms with Gasteiger partial charge in [0.2, 0.25) is 0 Å². The number of amides is 3. The minimum absolute atomic E-state index is 0.0590. The number of nitrogens with zero attached hydrogens (tertiary/aromatic N) is 2. The van der Waals surface area contributed by atoms with Gasteiger partial charge in [0.05, 0.1) is 49.3 Å². The predicted octanol–water partition coefficient (Wildman–Crippen LogP) is 4.91. The van der Waals surface area contributed by atoms with Crippen LogP contribution in [0.15, 0.2) is 53.2 Å². The van der Waals surface area contributed by atoms with Gasteiger partial charge in [0, 0.05) is 50.7 Å². The van der Waals surface area contributed by atoms with Crippen molar-refractivity contribution in [1.82, 2.24) is 26.0 Å². The standard InChI is InChI=1S/C55H87N5O17/c1-16-41-55(10,67)47(76-51(64)56-29-37-19-21-38(68-14)22-20-37)35(6)60(13)30-31(2)27-53(8,66)46(75-50-44(62)40(59(11)12)26-32(3)71-50)33(4)45(34(5)49(63)73-41)74-43-28-54(9,69-15)48(36(7)72-43)77-52(65)58-57-42(61)24-23-39-18-17-25-70-39/h17-25,31-36,40-41,43-48,50,62,66-67H,16,26-30H2,1-15H3,(H,56,64)(H,57,61)(H,58,65)/b24-23+/t31-,32-,33-,34-,35-,36+,40+,41+,43+,44-,45+,46-,47-,48+,50+,53-,54-,55-/m1/s1. The van der Waals surface area contributed by atoms with Crippen LogP contribution in [-0.2, 0) is 54.0 Å². The van der Waals surface area contributed by atoms with Crippen LogP contribution in [0.4, 0.5) is 9.59 Å². The lowest BCUT2D eigenvalue weighted by molar-refractivity contribution is -0.317. The number of likely N-dealkylation sites (N-methyl/N-ethyl adjacent to an activating group) is 2. The Labute approximate surface area is 453 Å². The van der Waals surface area contributed by atoms with E-state index in [2.05, 4.69) is 16.2 Å². The van der Waals surface area contributed by atoms with Crippen molar-refractivity contribution in [3.05, 3.63) is 60.1 Å². The molecule has 0 saturated carbocycles. The van der Waals surface area contributed by atoms with Crippen molar-refractivity contribution in [1.29, 1.82) is 0 Å². The Morgan fingerprint density at radius 2 is 1.57 bits per heavy atom. The number of aliphatic hydroxyl groups is 3. The minimum atomic E-state index is -1.98. The van der Waals surface area contributed by atoms with E-state index in [0.717, 1.165) is 5.56 Å². The molecule has 0 bridgehead atoms. The van der Waals surface area contributed by atoms with Gasteiger partial charge in [0.15, 0.2) is 24.8 Å². The molecular formula is C55H87N5O17. The molecule has 0 unspecified atom stereocenters. The number of hydrogen-bond acceptors (Lipinski definition) is 19. The van der Waals surface area contributed by atoms with E-state index in [0.29, 0.717) is 24.5 Å². The highest BCUT2D eigenvalue weighted by Gasteiger charge is 2.54. The molecule has 22 nitrogen and oxygen atoms in total. The van der Waals surface area contributed by atoms with Crippen LogP contribution in [0.3, 0.4) is 0 Å². The third kappa shape index (κ3) is 16.4. The largest absolute Gasteiger partial charge is 0.497 e. The molecule has 5 rings (SSSR count). The van der Waals surface area contributed by atoms with Gasteiger partial charge < -0.3 is 72.6 Å². The van der Waals surface area contributed by atoms with Crippen LogP contribution in [0.5, 0.6) is 5.75 Å². The molecule has 0 aliphatic carbocycles. The minimum Gasteiger partial charge on any atom is -0.497 e. The molecule has 3 aliphatic heterocycles. The van der Waals surface area contributed by atoms with Crippen molar-refractivity contribution in [3.8, 4) is 5.75 Å². The fourth-order valence-corrected chi connectivity index (χ4v) is 11.1. The van der Waals surface area contributed by atoms with Crippen LogP contribution >= 0.6 is 0 Å². The summed E-state index contributed by atoms with van der Waals surface area (Å²) in [4.78, 5) is 58.1. The molecule has 3 aliphatic rings. The first-order valence-corrected chi connectivity index (χ1v) is 26.6. The molecule has 0 spiro atoms. The van der Waals surface area contributed by atoms with Gasteiger partial charge in [-0.2, -0.15) is 0 Å². The molecule has 2 aromatic rings. The molecule has 4 heterocycles. The summed E-state index contributed by atoms with van der Waals surface area (Å²) in [7, 11) is 8.53. The van der Waals surface area contributed by atoms with Crippen LogP contribution in [-0.4, -0.2) is 181 Å². The summed E-state index contributed by atoms with van der Waals surface area (Å²) >= 11 is 0. The average Bonchev–Trinajstić information content (AvgIpc) is 3.91. The van der Waals surface area contributed by atoms with Gasteiger partial charge in [0.1, 0.15) is 34.9 Å². The van der Waals surface area contributed by atoms with Gasteiger partial charge in [0.25, 0.3) is 5.91 Å². The number of hydrogen-bond donors (Lipinski definition) is 6. The third-order valence-electron chi connectivity index (χ3n) is 15.4. The van der Waals surface area contributed by atoms with Gasteiger partial charge in [-0.15, -0.1) is 0 Å². The Hall–Kier alpha value is -4.88. The molecular weight excluding hydrogens is 1000 g/mol. The highest BCUT2D eigenvalue weighted by atomic mass is 16.7. The number of ether oxygens (including phenoxy) is 9. The van der Waals surface area contributed by atoms with E-state index in [1.807, 2.05) is 44.8 Å². The van der Waals surface area contributed by atoms with Crippen molar-refractivity contribution in [2.24, 2.45) is 17.8 Å².